The summed E-state index contributed by atoms with van der Waals surface area (Å²) in [4.78, 5) is 40.5. The second-order valence-electron chi connectivity index (χ2n) is 5.32. The van der Waals surface area contributed by atoms with E-state index in [0.29, 0.717) is 16.5 Å². The third-order valence-corrected chi connectivity index (χ3v) is 3.74. The van der Waals surface area contributed by atoms with Gasteiger partial charge in [0, 0.05) is 22.2 Å². The van der Waals surface area contributed by atoms with E-state index in [1.54, 1.807) is 24.3 Å². The Bertz CT molecular complexity index is 1060. The van der Waals surface area contributed by atoms with Crippen molar-refractivity contribution in [3.05, 3.63) is 51.4 Å². The second kappa shape index (κ2) is 5.27. The predicted octanol–water partition coefficient (Wildman–Crippen LogP) is 1.81. The SMILES string of the molecule is Cc1cc2c(-c3c(C(=O)O)c(N)[nH]c(=O)c3C(=O)O)cccc2[nH]1. The minimum Gasteiger partial charge on any atom is -0.478 e. The molecule has 0 amide bonds. The first-order valence-corrected chi connectivity index (χ1v) is 6.92. The highest BCUT2D eigenvalue weighted by Crippen LogP contribution is 2.34. The minimum absolute atomic E-state index is 0.208. The van der Waals surface area contributed by atoms with Gasteiger partial charge in [-0.15, -0.1) is 0 Å². The van der Waals surface area contributed by atoms with E-state index in [9.17, 15) is 24.6 Å². The van der Waals surface area contributed by atoms with Gasteiger partial charge in [-0.3, -0.25) is 4.79 Å². The molecule has 8 heteroatoms. The first-order chi connectivity index (χ1) is 11.3. The van der Waals surface area contributed by atoms with Crippen molar-refractivity contribution in [2.24, 2.45) is 0 Å². The zero-order chi connectivity index (χ0) is 17.6. The van der Waals surface area contributed by atoms with Gasteiger partial charge in [-0.2, -0.15) is 0 Å². The average Bonchev–Trinajstić information content (AvgIpc) is 2.85. The van der Waals surface area contributed by atoms with E-state index in [1.165, 1.54) is 0 Å². The summed E-state index contributed by atoms with van der Waals surface area (Å²) in [5, 5.41) is 19.5. The fraction of sp³-hybridized carbons (Fsp3) is 0.0625. The van der Waals surface area contributed by atoms with Gasteiger partial charge in [0.15, 0.2) is 0 Å². The van der Waals surface area contributed by atoms with Gasteiger partial charge in [0.25, 0.3) is 5.56 Å². The Hall–Kier alpha value is -3.55. The topological polar surface area (TPSA) is 149 Å². The molecule has 1 aromatic carbocycles. The highest BCUT2D eigenvalue weighted by molar-refractivity contribution is 6.11. The quantitative estimate of drug-likeness (QED) is 0.495. The standard InChI is InChI=1S/C16H13N3O5/c1-6-5-8-7(3-2-4-9(8)18-6)10-11(15(21)22)13(17)19-14(20)12(10)16(23)24/h2-5,18H,1H3,(H,21,22)(H,23,24)(H3,17,19,20). The molecule has 0 radical (unpaired) electrons. The number of hydrogen-bond acceptors (Lipinski definition) is 4. The molecular formula is C16H13N3O5. The van der Waals surface area contributed by atoms with Crippen molar-refractivity contribution >= 4 is 28.7 Å². The molecule has 3 aromatic rings. The van der Waals surface area contributed by atoms with Crippen LogP contribution in [0.25, 0.3) is 22.0 Å². The van der Waals surface area contributed by atoms with Crippen LogP contribution in [-0.4, -0.2) is 32.1 Å². The van der Waals surface area contributed by atoms with Crippen molar-refractivity contribution in [1.29, 1.82) is 0 Å². The number of rotatable bonds is 3. The zero-order valence-corrected chi connectivity index (χ0v) is 12.5. The van der Waals surface area contributed by atoms with Crippen molar-refractivity contribution in [1.82, 2.24) is 9.97 Å². The maximum absolute atomic E-state index is 12.1. The van der Waals surface area contributed by atoms with Crippen LogP contribution in [0.1, 0.15) is 26.4 Å². The van der Waals surface area contributed by atoms with Gasteiger partial charge < -0.3 is 25.9 Å². The van der Waals surface area contributed by atoms with Gasteiger partial charge in [0.2, 0.25) is 0 Å². The highest BCUT2D eigenvalue weighted by atomic mass is 16.4. The largest absolute Gasteiger partial charge is 0.478 e. The summed E-state index contributed by atoms with van der Waals surface area (Å²) in [6.07, 6.45) is 0. The van der Waals surface area contributed by atoms with Gasteiger partial charge in [-0.25, -0.2) is 9.59 Å². The summed E-state index contributed by atoms with van der Waals surface area (Å²) in [7, 11) is 0. The van der Waals surface area contributed by atoms with Gasteiger partial charge in [0.05, 0.1) is 0 Å². The molecule has 6 N–H and O–H groups in total. The molecule has 0 spiro atoms. The van der Waals surface area contributed by atoms with Crippen molar-refractivity contribution in [3.8, 4) is 11.1 Å². The van der Waals surface area contributed by atoms with Crippen LogP contribution in [0.4, 0.5) is 5.82 Å². The van der Waals surface area contributed by atoms with Crippen LogP contribution in [0.15, 0.2) is 29.1 Å². The molecule has 122 valence electrons. The number of fused-ring (bicyclic) bond motifs is 1. The Morgan fingerprint density at radius 1 is 1.08 bits per heavy atom. The number of benzene rings is 1. The zero-order valence-electron chi connectivity index (χ0n) is 12.5. The number of carboxylic acid groups (broad SMARTS) is 2. The molecule has 2 aromatic heterocycles. The predicted molar refractivity (Wildman–Crippen MR) is 87.4 cm³/mol. The lowest BCUT2D eigenvalue weighted by atomic mass is 9.93. The number of nitrogens with two attached hydrogens (primary N) is 1. The monoisotopic (exact) mass is 327 g/mol. The maximum atomic E-state index is 12.1. The number of nitrogen functional groups attached to an aromatic ring is 1. The number of aryl methyl sites for hydroxylation is 1. The summed E-state index contributed by atoms with van der Waals surface area (Å²) in [6, 6.07) is 6.72. The summed E-state index contributed by atoms with van der Waals surface area (Å²) >= 11 is 0. The number of carbonyl (C=O) groups is 2. The Labute approximate surface area is 134 Å². The molecule has 3 rings (SSSR count). The fourth-order valence-electron chi connectivity index (χ4n) is 2.83. The third kappa shape index (κ3) is 2.21. The summed E-state index contributed by atoms with van der Waals surface area (Å²) in [6.45, 7) is 1.81. The molecule has 0 aliphatic heterocycles. The fourth-order valence-corrected chi connectivity index (χ4v) is 2.83. The Morgan fingerprint density at radius 3 is 2.38 bits per heavy atom. The van der Waals surface area contributed by atoms with Crippen LogP contribution in [0, 0.1) is 6.92 Å². The smallest absolute Gasteiger partial charge is 0.342 e. The number of anilines is 1. The van der Waals surface area contributed by atoms with Crippen LogP contribution < -0.4 is 11.3 Å². The number of hydrogen-bond donors (Lipinski definition) is 5. The molecular weight excluding hydrogens is 314 g/mol. The van der Waals surface area contributed by atoms with Crippen LogP contribution in [0.2, 0.25) is 0 Å². The first kappa shape index (κ1) is 15.3. The molecule has 0 atom stereocenters. The Morgan fingerprint density at radius 2 is 1.75 bits per heavy atom. The van der Waals surface area contributed by atoms with Crippen LogP contribution in [0.3, 0.4) is 0 Å². The van der Waals surface area contributed by atoms with Crippen LogP contribution in [0.5, 0.6) is 0 Å². The molecule has 24 heavy (non-hydrogen) atoms. The molecule has 2 heterocycles. The van der Waals surface area contributed by atoms with Gasteiger partial charge in [-0.1, -0.05) is 12.1 Å². The summed E-state index contributed by atoms with van der Waals surface area (Å²) in [5.74, 6) is -3.35. The average molecular weight is 327 g/mol. The molecule has 0 aliphatic carbocycles. The highest BCUT2D eigenvalue weighted by Gasteiger charge is 2.27. The van der Waals surface area contributed by atoms with Gasteiger partial charge in [-0.05, 0) is 24.6 Å². The number of aromatic nitrogens is 2. The van der Waals surface area contributed by atoms with E-state index in [-0.39, 0.29) is 5.56 Å². The molecule has 0 bridgehead atoms. The summed E-state index contributed by atoms with van der Waals surface area (Å²) < 4.78 is 0. The number of nitrogens with one attached hydrogen (secondary N) is 2. The number of H-pyrrole nitrogens is 2. The Kier molecular flexibility index (Phi) is 3.37. The van der Waals surface area contributed by atoms with E-state index in [2.05, 4.69) is 9.97 Å². The van der Waals surface area contributed by atoms with Crippen molar-refractivity contribution in [3.63, 3.8) is 0 Å². The number of carboxylic acids is 2. The van der Waals surface area contributed by atoms with E-state index in [1.807, 2.05) is 6.92 Å². The van der Waals surface area contributed by atoms with E-state index < -0.39 is 34.4 Å². The molecule has 0 saturated carbocycles. The van der Waals surface area contributed by atoms with Crippen molar-refractivity contribution < 1.29 is 19.8 Å². The van der Waals surface area contributed by atoms with E-state index >= 15 is 0 Å². The summed E-state index contributed by atoms with van der Waals surface area (Å²) in [5.41, 5.74) is 5.18. The van der Waals surface area contributed by atoms with E-state index in [0.717, 1.165) is 5.69 Å². The molecule has 0 saturated heterocycles. The Balaban J connectivity index is 2.56. The lowest BCUT2D eigenvalue weighted by Crippen LogP contribution is -2.24. The maximum Gasteiger partial charge on any atom is 0.342 e. The second-order valence-corrected chi connectivity index (χ2v) is 5.32. The first-order valence-electron chi connectivity index (χ1n) is 6.92. The molecule has 0 fully saturated rings. The molecule has 0 unspecified atom stereocenters. The number of aromatic carboxylic acids is 2. The molecule has 8 nitrogen and oxygen atoms in total. The number of pyridine rings is 1. The normalized spacial score (nSPS) is 10.9. The number of aromatic amines is 2. The van der Waals surface area contributed by atoms with Crippen molar-refractivity contribution in [2.45, 2.75) is 6.92 Å². The van der Waals surface area contributed by atoms with Crippen molar-refractivity contribution in [2.75, 3.05) is 5.73 Å². The minimum atomic E-state index is -1.53. The van der Waals surface area contributed by atoms with Gasteiger partial charge in [0.1, 0.15) is 16.9 Å². The molecule has 0 aliphatic rings. The van der Waals surface area contributed by atoms with Gasteiger partial charge >= 0.3 is 11.9 Å². The van der Waals surface area contributed by atoms with Crippen LogP contribution in [-0.2, 0) is 0 Å². The third-order valence-electron chi connectivity index (χ3n) is 3.74. The van der Waals surface area contributed by atoms with Crippen LogP contribution >= 0.6 is 0 Å². The lowest BCUT2D eigenvalue weighted by Gasteiger charge is -2.13. The van der Waals surface area contributed by atoms with E-state index in [4.69, 9.17) is 5.73 Å². The lowest BCUT2D eigenvalue weighted by molar-refractivity contribution is 0.0695.